The molecule has 2 saturated heterocycles. The van der Waals surface area contributed by atoms with Crippen molar-refractivity contribution in [3.05, 3.63) is 35.9 Å². The van der Waals surface area contributed by atoms with Crippen LogP contribution in [0.1, 0.15) is 38.2 Å². The Morgan fingerprint density at radius 3 is 2.32 bits per heavy atom. The molecule has 0 bridgehead atoms. The Balaban J connectivity index is 1.22. The fourth-order valence-electron chi connectivity index (χ4n) is 5.05. The minimum Gasteiger partial charge on any atom is -0.374 e. The average molecular weight is 342 g/mol. The minimum absolute atomic E-state index is 0.232. The Hall–Kier alpha value is -1.39. The Bertz CT molecular complexity index is 569. The molecule has 4 nitrogen and oxygen atoms in total. The molecule has 0 aromatic heterocycles. The van der Waals surface area contributed by atoms with Gasteiger partial charge in [-0.15, -0.1) is 0 Å². The van der Waals surface area contributed by atoms with Crippen LogP contribution in [0.5, 0.6) is 0 Å². The lowest BCUT2D eigenvalue weighted by Gasteiger charge is -2.36. The first kappa shape index (κ1) is 17.0. The Morgan fingerprint density at radius 1 is 1.08 bits per heavy atom. The lowest BCUT2D eigenvalue weighted by Crippen LogP contribution is -2.45. The SMILES string of the molecule is CC(=O)N1CCC(N2C[C@H]3CC(OCc4ccccc4)C[C@H]3C2)CC1. The standard InChI is InChI=1S/C21H30N2O2/c1-16(24)22-9-7-20(8-10-22)23-13-18-11-21(12-19(18)14-23)25-15-17-5-3-2-4-6-17/h2-6,18-21H,7-15H2,1H3/t18-,19+,21?. The van der Waals surface area contributed by atoms with Gasteiger partial charge in [-0.3, -0.25) is 9.69 Å². The number of piperidine rings is 1. The summed E-state index contributed by atoms with van der Waals surface area (Å²) >= 11 is 0. The molecular weight excluding hydrogens is 312 g/mol. The molecule has 1 amide bonds. The van der Waals surface area contributed by atoms with Crippen LogP contribution < -0.4 is 0 Å². The van der Waals surface area contributed by atoms with Crippen LogP contribution in [-0.4, -0.2) is 54.0 Å². The molecule has 3 atom stereocenters. The summed E-state index contributed by atoms with van der Waals surface area (Å²) < 4.78 is 6.18. The zero-order valence-corrected chi connectivity index (χ0v) is 15.3. The second-order valence-corrected chi connectivity index (χ2v) is 8.10. The van der Waals surface area contributed by atoms with Gasteiger partial charge in [-0.25, -0.2) is 0 Å². The number of likely N-dealkylation sites (tertiary alicyclic amines) is 2. The fourth-order valence-corrected chi connectivity index (χ4v) is 5.05. The van der Waals surface area contributed by atoms with Crippen LogP contribution >= 0.6 is 0 Å². The molecule has 1 aliphatic carbocycles. The van der Waals surface area contributed by atoms with Crippen LogP contribution in [0.2, 0.25) is 0 Å². The maximum absolute atomic E-state index is 11.5. The normalized spacial score (nSPS) is 30.6. The second kappa shape index (κ2) is 7.46. The molecule has 136 valence electrons. The lowest BCUT2D eigenvalue weighted by atomic mass is 10.0. The number of amides is 1. The quantitative estimate of drug-likeness (QED) is 0.843. The van der Waals surface area contributed by atoms with E-state index in [1.165, 1.54) is 31.5 Å². The highest BCUT2D eigenvalue weighted by molar-refractivity contribution is 5.73. The minimum atomic E-state index is 0.232. The Kier molecular flexibility index (Phi) is 5.09. The summed E-state index contributed by atoms with van der Waals surface area (Å²) in [6.45, 7) is 6.79. The highest BCUT2D eigenvalue weighted by Gasteiger charge is 2.43. The molecule has 3 aliphatic rings. The average Bonchev–Trinajstić information content (AvgIpc) is 3.19. The van der Waals surface area contributed by atoms with Gasteiger partial charge in [0.1, 0.15) is 0 Å². The molecule has 4 heteroatoms. The molecule has 25 heavy (non-hydrogen) atoms. The van der Waals surface area contributed by atoms with Crippen LogP contribution in [0.25, 0.3) is 0 Å². The third kappa shape index (κ3) is 3.90. The van der Waals surface area contributed by atoms with Gasteiger partial charge in [0.25, 0.3) is 0 Å². The molecule has 1 unspecified atom stereocenters. The van der Waals surface area contributed by atoms with E-state index in [0.29, 0.717) is 12.1 Å². The zero-order valence-electron chi connectivity index (χ0n) is 15.3. The molecule has 1 aromatic rings. The Labute approximate surface area is 151 Å². The molecule has 1 aromatic carbocycles. The summed E-state index contributed by atoms with van der Waals surface area (Å²) in [5.41, 5.74) is 1.28. The summed E-state index contributed by atoms with van der Waals surface area (Å²) in [5.74, 6) is 1.85. The summed E-state index contributed by atoms with van der Waals surface area (Å²) in [5, 5.41) is 0. The summed E-state index contributed by atoms with van der Waals surface area (Å²) in [7, 11) is 0. The van der Waals surface area contributed by atoms with Crippen LogP contribution in [-0.2, 0) is 16.1 Å². The Morgan fingerprint density at radius 2 is 1.72 bits per heavy atom. The summed E-state index contributed by atoms with van der Waals surface area (Å²) in [6.07, 6.45) is 5.18. The van der Waals surface area contributed by atoms with E-state index in [-0.39, 0.29) is 5.91 Å². The van der Waals surface area contributed by atoms with Crippen LogP contribution in [0.4, 0.5) is 0 Å². The van der Waals surface area contributed by atoms with Gasteiger partial charge in [0.05, 0.1) is 12.7 Å². The topological polar surface area (TPSA) is 32.8 Å². The number of hydrogen-bond acceptors (Lipinski definition) is 3. The highest BCUT2D eigenvalue weighted by Crippen LogP contribution is 2.41. The fraction of sp³-hybridized carbons (Fsp3) is 0.667. The number of nitrogens with zero attached hydrogens (tertiary/aromatic N) is 2. The molecule has 4 rings (SSSR count). The molecule has 1 saturated carbocycles. The van der Waals surface area contributed by atoms with E-state index in [4.69, 9.17) is 4.74 Å². The first-order valence-corrected chi connectivity index (χ1v) is 9.84. The van der Waals surface area contributed by atoms with Gasteiger partial charge < -0.3 is 9.64 Å². The van der Waals surface area contributed by atoms with E-state index in [1.54, 1.807) is 6.92 Å². The van der Waals surface area contributed by atoms with E-state index in [0.717, 1.165) is 44.4 Å². The van der Waals surface area contributed by atoms with Crippen molar-refractivity contribution in [2.45, 2.75) is 51.4 Å². The zero-order chi connectivity index (χ0) is 17.2. The van der Waals surface area contributed by atoms with Gasteiger partial charge in [-0.1, -0.05) is 30.3 Å². The first-order valence-electron chi connectivity index (χ1n) is 9.84. The van der Waals surface area contributed by atoms with Crippen molar-refractivity contribution in [2.75, 3.05) is 26.2 Å². The van der Waals surface area contributed by atoms with Crippen LogP contribution in [0.3, 0.4) is 0 Å². The number of ether oxygens (including phenoxy) is 1. The number of carbonyl (C=O) groups excluding carboxylic acids is 1. The van der Waals surface area contributed by atoms with Crippen molar-refractivity contribution in [1.82, 2.24) is 9.80 Å². The van der Waals surface area contributed by atoms with Crippen LogP contribution in [0.15, 0.2) is 30.3 Å². The molecule has 0 spiro atoms. The molecular formula is C21H30N2O2. The maximum Gasteiger partial charge on any atom is 0.219 e. The van der Waals surface area contributed by atoms with Gasteiger partial charge in [0, 0.05) is 39.1 Å². The number of benzene rings is 1. The number of hydrogen-bond donors (Lipinski definition) is 0. The van der Waals surface area contributed by atoms with Gasteiger partial charge in [0.2, 0.25) is 5.91 Å². The summed E-state index contributed by atoms with van der Waals surface area (Å²) in [4.78, 5) is 16.2. The molecule has 2 heterocycles. The van der Waals surface area contributed by atoms with Gasteiger partial charge in [-0.2, -0.15) is 0 Å². The van der Waals surface area contributed by atoms with Gasteiger partial charge >= 0.3 is 0 Å². The van der Waals surface area contributed by atoms with Crippen molar-refractivity contribution in [1.29, 1.82) is 0 Å². The smallest absolute Gasteiger partial charge is 0.219 e. The van der Waals surface area contributed by atoms with Crippen molar-refractivity contribution in [3.63, 3.8) is 0 Å². The maximum atomic E-state index is 11.5. The predicted octanol–water partition coefficient (Wildman–Crippen LogP) is 2.92. The van der Waals surface area contributed by atoms with Crippen molar-refractivity contribution in [2.24, 2.45) is 11.8 Å². The first-order chi connectivity index (χ1) is 12.2. The van der Waals surface area contributed by atoms with E-state index in [1.807, 2.05) is 4.90 Å². The van der Waals surface area contributed by atoms with Gasteiger partial charge in [0.15, 0.2) is 0 Å². The van der Waals surface area contributed by atoms with E-state index >= 15 is 0 Å². The van der Waals surface area contributed by atoms with Crippen LogP contribution in [0, 0.1) is 11.8 Å². The van der Waals surface area contributed by atoms with Gasteiger partial charge in [-0.05, 0) is 43.1 Å². The largest absolute Gasteiger partial charge is 0.374 e. The lowest BCUT2D eigenvalue weighted by molar-refractivity contribution is -0.130. The van der Waals surface area contributed by atoms with E-state index in [9.17, 15) is 4.79 Å². The highest BCUT2D eigenvalue weighted by atomic mass is 16.5. The molecule has 2 aliphatic heterocycles. The van der Waals surface area contributed by atoms with Crippen molar-refractivity contribution >= 4 is 5.91 Å². The number of rotatable bonds is 4. The third-order valence-corrected chi connectivity index (χ3v) is 6.49. The monoisotopic (exact) mass is 342 g/mol. The van der Waals surface area contributed by atoms with Crippen molar-refractivity contribution < 1.29 is 9.53 Å². The van der Waals surface area contributed by atoms with E-state index in [2.05, 4.69) is 35.2 Å². The van der Waals surface area contributed by atoms with E-state index < -0.39 is 0 Å². The number of carbonyl (C=O) groups is 1. The number of fused-ring (bicyclic) bond motifs is 1. The molecule has 0 radical (unpaired) electrons. The molecule has 0 N–H and O–H groups in total. The predicted molar refractivity (Wildman–Crippen MR) is 98.1 cm³/mol. The molecule has 3 fully saturated rings. The second-order valence-electron chi connectivity index (χ2n) is 8.10. The van der Waals surface area contributed by atoms with Crippen molar-refractivity contribution in [3.8, 4) is 0 Å². The summed E-state index contributed by atoms with van der Waals surface area (Å²) in [6, 6.07) is 11.2. The third-order valence-electron chi connectivity index (χ3n) is 6.49.